The van der Waals surface area contributed by atoms with Gasteiger partial charge in [0.25, 0.3) is 5.56 Å². The van der Waals surface area contributed by atoms with Gasteiger partial charge in [-0.3, -0.25) is 4.79 Å². The number of carbonyl (C=O) groups excluding carboxylic acids is 1. The molecule has 1 aliphatic heterocycles. The van der Waals surface area contributed by atoms with E-state index in [1.54, 1.807) is 13.0 Å². The molecular weight excluding hydrogens is 402 g/mol. The second-order valence-electron chi connectivity index (χ2n) is 5.18. The summed E-state index contributed by atoms with van der Waals surface area (Å²) in [6.45, 7) is 1.72. The summed E-state index contributed by atoms with van der Waals surface area (Å²) >= 11 is 10.0. The van der Waals surface area contributed by atoms with Gasteiger partial charge in [0.05, 0.1) is 27.4 Å². The Kier molecular flexibility index (Phi) is 4.19. The number of thiophene rings is 2. The van der Waals surface area contributed by atoms with E-state index in [0.717, 1.165) is 10.6 Å². The standard InChI is InChI=1S/C15H10ClN3O3S3/c1-6-10-12(25-11(6)14(21)22-2)17-15-19(13(10)20)18-7(5-23-15)8-3-4-9(16)24-8/h3-4H,5H2,1-2H3. The number of halogens is 1. The molecule has 1 aliphatic rings. The van der Waals surface area contributed by atoms with Crippen LogP contribution in [0.15, 0.2) is 27.2 Å². The van der Waals surface area contributed by atoms with Crippen LogP contribution in [0.3, 0.4) is 0 Å². The molecular formula is C15H10ClN3O3S3. The van der Waals surface area contributed by atoms with Gasteiger partial charge in [-0.15, -0.1) is 22.7 Å². The van der Waals surface area contributed by atoms with Gasteiger partial charge >= 0.3 is 5.97 Å². The number of aryl methyl sites for hydroxylation is 1. The Bertz CT molecular complexity index is 1110. The lowest BCUT2D eigenvalue weighted by Crippen LogP contribution is -2.25. The van der Waals surface area contributed by atoms with E-state index in [1.807, 2.05) is 6.07 Å². The molecule has 4 rings (SSSR count). The maximum atomic E-state index is 12.9. The number of aromatic nitrogens is 2. The minimum atomic E-state index is -0.465. The Morgan fingerprint density at radius 3 is 2.84 bits per heavy atom. The molecule has 0 atom stereocenters. The number of hydrogen-bond donors (Lipinski definition) is 0. The second-order valence-corrected chi connectivity index (χ2v) is 8.84. The summed E-state index contributed by atoms with van der Waals surface area (Å²) in [5.74, 6) is 0.135. The summed E-state index contributed by atoms with van der Waals surface area (Å²) < 4.78 is 6.76. The highest BCUT2D eigenvalue weighted by Crippen LogP contribution is 2.32. The Hall–Kier alpha value is -1.68. The van der Waals surface area contributed by atoms with E-state index < -0.39 is 5.97 Å². The molecule has 128 valence electrons. The van der Waals surface area contributed by atoms with Crippen molar-refractivity contribution in [2.45, 2.75) is 12.1 Å². The van der Waals surface area contributed by atoms with E-state index in [2.05, 4.69) is 10.1 Å². The average molecular weight is 412 g/mol. The SMILES string of the molecule is COC(=O)c1sc2nc3n(c(=O)c2c1C)N=C(c1ccc(Cl)s1)CS3. The first-order valence-electron chi connectivity index (χ1n) is 7.10. The molecule has 25 heavy (non-hydrogen) atoms. The fourth-order valence-electron chi connectivity index (χ4n) is 2.50. The van der Waals surface area contributed by atoms with Gasteiger partial charge in [-0.1, -0.05) is 23.4 Å². The monoisotopic (exact) mass is 411 g/mol. The van der Waals surface area contributed by atoms with Crippen LogP contribution in [0.4, 0.5) is 0 Å². The second kappa shape index (κ2) is 6.24. The van der Waals surface area contributed by atoms with Crippen LogP contribution in [0.25, 0.3) is 10.2 Å². The topological polar surface area (TPSA) is 73.5 Å². The van der Waals surface area contributed by atoms with Crippen molar-refractivity contribution in [2.24, 2.45) is 5.10 Å². The largest absolute Gasteiger partial charge is 0.465 e. The number of nitrogens with zero attached hydrogens (tertiary/aromatic N) is 3. The van der Waals surface area contributed by atoms with Gasteiger partial charge in [0.1, 0.15) is 9.71 Å². The molecule has 4 heterocycles. The molecule has 0 radical (unpaired) electrons. The fourth-order valence-corrected chi connectivity index (χ4v) is 5.64. The third-order valence-corrected chi connectivity index (χ3v) is 7.09. The van der Waals surface area contributed by atoms with Crippen LogP contribution in [-0.2, 0) is 4.74 Å². The highest BCUT2D eigenvalue weighted by atomic mass is 35.5. The predicted octanol–water partition coefficient (Wildman–Crippen LogP) is 3.63. The Morgan fingerprint density at radius 2 is 2.16 bits per heavy atom. The molecule has 0 aromatic carbocycles. The van der Waals surface area contributed by atoms with Crippen LogP contribution >= 0.6 is 46.0 Å². The Morgan fingerprint density at radius 1 is 1.36 bits per heavy atom. The number of fused-ring (bicyclic) bond motifs is 2. The minimum absolute atomic E-state index is 0.281. The van der Waals surface area contributed by atoms with Crippen LogP contribution in [0.5, 0.6) is 0 Å². The van der Waals surface area contributed by atoms with Gasteiger partial charge < -0.3 is 4.74 Å². The van der Waals surface area contributed by atoms with E-state index in [4.69, 9.17) is 16.3 Å². The predicted molar refractivity (Wildman–Crippen MR) is 102 cm³/mol. The number of carbonyl (C=O) groups is 1. The van der Waals surface area contributed by atoms with Crippen LogP contribution in [-0.4, -0.2) is 34.2 Å². The van der Waals surface area contributed by atoms with E-state index in [1.165, 1.54) is 46.2 Å². The van der Waals surface area contributed by atoms with Crippen molar-refractivity contribution < 1.29 is 9.53 Å². The smallest absolute Gasteiger partial charge is 0.348 e. The van der Waals surface area contributed by atoms with Gasteiger partial charge in [-0.25, -0.2) is 9.78 Å². The quantitative estimate of drug-likeness (QED) is 0.475. The first-order valence-corrected chi connectivity index (χ1v) is 10.1. The van der Waals surface area contributed by atoms with Crippen molar-refractivity contribution in [1.29, 1.82) is 0 Å². The molecule has 0 saturated carbocycles. The number of ether oxygens (including phenoxy) is 1. The molecule has 0 spiro atoms. The maximum Gasteiger partial charge on any atom is 0.348 e. The molecule has 10 heteroatoms. The van der Waals surface area contributed by atoms with Crippen molar-refractivity contribution >= 4 is 67.9 Å². The Labute approximate surface area is 159 Å². The zero-order valence-corrected chi connectivity index (χ0v) is 16.2. The van der Waals surface area contributed by atoms with Gasteiger partial charge in [-0.2, -0.15) is 9.78 Å². The van der Waals surface area contributed by atoms with Crippen LogP contribution in [0.2, 0.25) is 4.34 Å². The molecule has 6 nitrogen and oxygen atoms in total. The summed E-state index contributed by atoms with van der Waals surface area (Å²) in [5.41, 5.74) is 1.07. The van der Waals surface area contributed by atoms with Gasteiger partial charge in [0, 0.05) is 5.75 Å². The van der Waals surface area contributed by atoms with Gasteiger partial charge in [0.2, 0.25) is 0 Å². The average Bonchev–Trinajstić information content (AvgIpc) is 3.18. The third kappa shape index (κ3) is 2.71. The number of hydrogen-bond acceptors (Lipinski definition) is 8. The summed E-state index contributed by atoms with van der Waals surface area (Å²) in [7, 11) is 1.32. The number of rotatable bonds is 2. The van der Waals surface area contributed by atoms with Crippen LogP contribution < -0.4 is 5.56 Å². The summed E-state index contributed by atoms with van der Waals surface area (Å²) in [6, 6.07) is 3.69. The molecule has 0 amide bonds. The van der Waals surface area contributed by atoms with E-state index >= 15 is 0 Å². The van der Waals surface area contributed by atoms with Crippen molar-refractivity contribution in [3.05, 3.63) is 42.1 Å². The fraction of sp³-hybridized carbons (Fsp3) is 0.200. The molecule has 3 aromatic rings. The first kappa shape index (κ1) is 16.8. The van der Waals surface area contributed by atoms with Gasteiger partial charge in [-0.05, 0) is 24.6 Å². The van der Waals surface area contributed by atoms with E-state index in [-0.39, 0.29) is 5.56 Å². The van der Waals surface area contributed by atoms with E-state index in [0.29, 0.717) is 35.9 Å². The number of esters is 1. The molecule has 0 N–H and O–H groups in total. The number of methoxy groups -OCH3 is 1. The lowest BCUT2D eigenvalue weighted by Gasteiger charge is -2.14. The van der Waals surface area contributed by atoms with E-state index in [9.17, 15) is 9.59 Å². The zero-order valence-electron chi connectivity index (χ0n) is 13.0. The highest BCUT2D eigenvalue weighted by Gasteiger charge is 2.24. The summed E-state index contributed by atoms with van der Waals surface area (Å²) in [4.78, 5) is 31.2. The van der Waals surface area contributed by atoms with Gasteiger partial charge in [0.15, 0.2) is 5.16 Å². The normalized spacial score (nSPS) is 13.6. The number of thioether (sulfide) groups is 1. The summed E-state index contributed by atoms with van der Waals surface area (Å²) in [5, 5.41) is 5.39. The zero-order chi connectivity index (χ0) is 17.7. The van der Waals surface area contributed by atoms with Crippen LogP contribution in [0.1, 0.15) is 20.1 Å². The lowest BCUT2D eigenvalue weighted by molar-refractivity contribution is 0.0605. The van der Waals surface area contributed by atoms with Crippen molar-refractivity contribution in [3.63, 3.8) is 0 Å². The van der Waals surface area contributed by atoms with Crippen molar-refractivity contribution in [3.8, 4) is 0 Å². The molecule has 0 unspecified atom stereocenters. The molecule has 0 aliphatic carbocycles. The van der Waals surface area contributed by atoms with Crippen molar-refractivity contribution in [2.75, 3.05) is 12.9 Å². The summed E-state index contributed by atoms with van der Waals surface area (Å²) in [6.07, 6.45) is 0. The molecule has 0 bridgehead atoms. The molecule has 0 fully saturated rings. The van der Waals surface area contributed by atoms with Crippen LogP contribution in [0, 0.1) is 6.92 Å². The highest BCUT2D eigenvalue weighted by molar-refractivity contribution is 7.99. The molecule has 3 aromatic heterocycles. The Balaban J connectivity index is 1.92. The first-order chi connectivity index (χ1) is 12.0. The third-order valence-electron chi connectivity index (χ3n) is 3.70. The lowest BCUT2D eigenvalue weighted by atomic mass is 10.2. The molecule has 0 saturated heterocycles. The van der Waals surface area contributed by atoms with Crippen molar-refractivity contribution in [1.82, 2.24) is 9.66 Å². The minimum Gasteiger partial charge on any atom is -0.465 e. The maximum absolute atomic E-state index is 12.9.